The third-order valence-corrected chi connectivity index (χ3v) is 8.94. The maximum absolute atomic E-state index is 11.7. The molecule has 18 nitrogen and oxygen atoms in total. The fraction of sp³-hybridized carbons (Fsp3) is 0.828. The Morgan fingerprint density at radius 1 is 0.936 bits per heavy atom. The van der Waals surface area contributed by atoms with E-state index in [0.717, 1.165) is 0 Å². The van der Waals surface area contributed by atoms with Crippen LogP contribution < -0.4 is 22.5 Å². The summed E-state index contributed by atoms with van der Waals surface area (Å²) in [6.07, 6.45) is -10.6. The van der Waals surface area contributed by atoms with Gasteiger partial charge < -0.3 is 76.5 Å². The minimum atomic E-state index is -1.52. The number of aliphatic imine (C=N–C) groups is 3. The van der Waals surface area contributed by atoms with Crippen LogP contribution in [0.3, 0.4) is 0 Å². The van der Waals surface area contributed by atoms with Crippen molar-refractivity contribution in [3.05, 3.63) is 11.8 Å². The number of aliphatic hydroxyl groups excluding tert-OH is 5. The second-order valence-corrected chi connectivity index (χ2v) is 12.2. The zero-order valence-corrected chi connectivity index (χ0v) is 26.4. The maximum atomic E-state index is 11.7. The Bertz CT molecular complexity index is 1060. The molecule has 3 fully saturated rings. The first kappa shape index (κ1) is 37.8. The van der Waals surface area contributed by atoms with E-state index < -0.39 is 105 Å². The van der Waals surface area contributed by atoms with Gasteiger partial charge in [0, 0.05) is 32.1 Å². The van der Waals surface area contributed by atoms with E-state index in [1.165, 1.54) is 0 Å². The van der Waals surface area contributed by atoms with Crippen LogP contribution >= 0.6 is 0 Å². The van der Waals surface area contributed by atoms with E-state index in [1.54, 1.807) is 0 Å². The molecule has 0 aromatic heterocycles. The van der Waals surface area contributed by atoms with Crippen LogP contribution in [-0.4, -0.2) is 176 Å². The molecular formula is C29H51N7O11. The summed E-state index contributed by atoms with van der Waals surface area (Å²) in [4.78, 5) is 12.3. The molecule has 0 aromatic carbocycles. The van der Waals surface area contributed by atoms with E-state index in [9.17, 15) is 25.5 Å². The quantitative estimate of drug-likeness (QED) is 0.0698. The Morgan fingerprint density at radius 3 is 2.28 bits per heavy atom. The summed E-state index contributed by atoms with van der Waals surface area (Å²) >= 11 is 0. The molecule has 2 saturated heterocycles. The van der Waals surface area contributed by atoms with Gasteiger partial charge in [-0.25, -0.2) is 0 Å². The molecule has 0 spiro atoms. The molecule has 0 bridgehead atoms. The van der Waals surface area contributed by atoms with Crippen molar-refractivity contribution in [2.45, 2.75) is 117 Å². The highest BCUT2D eigenvalue weighted by Crippen LogP contribution is 2.36. The third-order valence-electron chi connectivity index (χ3n) is 8.94. The molecule has 0 aromatic rings. The largest absolute Gasteiger partial charge is 0.465 e. The molecule has 0 amide bonds. The molecular weight excluding hydrogens is 622 g/mol. The van der Waals surface area contributed by atoms with Crippen LogP contribution in [0, 0.1) is 0 Å². The highest BCUT2D eigenvalue weighted by molar-refractivity contribution is 5.27. The predicted molar refractivity (Wildman–Crippen MR) is 169 cm³/mol. The molecule has 12 N–H and O–H groups in total. The molecule has 16 unspecified atom stereocenters. The molecule has 1 saturated carbocycles. The van der Waals surface area contributed by atoms with E-state index in [2.05, 4.69) is 40.4 Å². The Morgan fingerprint density at radius 2 is 1.64 bits per heavy atom. The zero-order valence-electron chi connectivity index (χ0n) is 26.4. The maximum Gasteiger partial charge on any atom is 0.222 e. The van der Waals surface area contributed by atoms with Crippen molar-refractivity contribution in [1.82, 2.24) is 5.32 Å². The van der Waals surface area contributed by atoms with Crippen LogP contribution in [0.4, 0.5) is 0 Å². The van der Waals surface area contributed by atoms with Crippen molar-refractivity contribution < 1.29 is 54.0 Å². The second kappa shape index (κ2) is 17.6. The van der Waals surface area contributed by atoms with Gasteiger partial charge in [-0.3, -0.25) is 15.0 Å². The van der Waals surface area contributed by atoms with Crippen molar-refractivity contribution >= 4 is 20.2 Å². The highest BCUT2D eigenvalue weighted by atomic mass is 16.8. The molecule has 18 heteroatoms. The Hall–Kier alpha value is -2.01. The van der Waals surface area contributed by atoms with Gasteiger partial charge in [0.05, 0.1) is 49.7 Å². The molecule has 16 atom stereocenters. The van der Waals surface area contributed by atoms with Crippen LogP contribution in [0.5, 0.6) is 0 Å². The lowest BCUT2D eigenvalue weighted by Gasteiger charge is -2.46. The molecule has 4 rings (SSSR count). The SMILES string of the molecule is C=NCC1=CCC(N=C)C(OC2C(N=C)CC(NCC(O)CN)C(O)C2OC2OC(CO)C(OC3OC(CN)CC(O)C3N)C2O)O1. The average Bonchev–Trinajstić information content (AvgIpc) is 3.37. The van der Waals surface area contributed by atoms with Crippen molar-refractivity contribution in [3.8, 4) is 0 Å². The van der Waals surface area contributed by atoms with Gasteiger partial charge in [-0.05, 0) is 39.1 Å². The van der Waals surface area contributed by atoms with Crippen molar-refractivity contribution in [2.75, 3.05) is 32.8 Å². The number of hydrogen-bond donors (Lipinski definition) is 9. The summed E-state index contributed by atoms with van der Waals surface area (Å²) in [6.45, 7) is 10.7. The number of ether oxygens (including phenoxy) is 6. The number of nitrogens with zero attached hydrogens (tertiary/aromatic N) is 3. The lowest BCUT2D eigenvalue weighted by Crippen LogP contribution is -2.64. The molecule has 4 aliphatic rings. The second-order valence-electron chi connectivity index (χ2n) is 12.2. The molecule has 3 heterocycles. The highest BCUT2D eigenvalue weighted by Gasteiger charge is 2.53. The Labute approximate surface area is 273 Å². The monoisotopic (exact) mass is 673 g/mol. The molecule has 1 aliphatic carbocycles. The normalized spacial score (nSPS) is 43.1. The van der Waals surface area contributed by atoms with Crippen LogP contribution in [-0.2, 0) is 28.4 Å². The van der Waals surface area contributed by atoms with Crippen LogP contribution in [0.1, 0.15) is 19.3 Å². The van der Waals surface area contributed by atoms with Crippen molar-refractivity contribution in [3.63, 3.8) is 0 Å². The van der Waals surface area contributed by atoms with E-state index in [4.69, 9.17) is 45.6 Å². The van der Waals surface area contributed by atoms with Gasteiger partial charge in [0.2, 0.25) is 6.29 Å². The van der Waals surface area contributed by atoms with Gasteiger partial charge in [0.25, 0.3) is 0 Å². The number of nitrogens with two attached hydrogens (primary N) is 3. The van der Waals surface area contributed by atoms with Crippen LogP contribution in [0.25, 0.3) is 0 Å². The van der Waals surface area contributed by atoms with Crippen molar-refractivity contribution in [2.24, 2.45) is 32.2 Å². The molecule has 47 heavy (non-hydrogen) atoms. The smallest absolute Gasteiger partial charge is 0.222 e. The number of rotatable bonds is 16. The van der Waals surface area contributed by atoms with Gasteiger partial charge in [-0.2, -0.15) is 0 Å². The first-order chi connectivity index (χ1) is 22.6. The van der Waals surface area contributed by atoms with E-state index in [0.29, 0.717) is 12.2 Å². The molecule has 3 aliphatic heterocycles. The topological polar surface area (TPSA) is 284 Å². The lowest BCUT2D eigenvalue weighted by atomic mass is 9.83. The number of hydrogen-bond acceptors (Lipinski definition) is 18. The summed E-state index contributed by atoms with van der Waals surface area (Å²) in [6, 6.07) is -2.84. The van der Waals surface area contributed by atoms with Gasteiger partial charge in [0.15, 0.2) is 12.6 Å². The van der Waals surface area contributed by atoms with Gasteiger partial charge in [0.1, 0.15) is 42.3 Å². The summed E-state index contributed by atoms with van der Waals surface area (Å²) in [5.74, 6) is 0.516. The van der Waals surface area contributed by atoms with Crippen LogP contribution in [0.15, 0.2) is 26.8 Å². The fourth-order valence-corrected chi connectivity index (χ4v) is 6.20. The first-order valence-electron chi connectivity index (χ1n) is 15.8. The summed E-state index contributed by atoms with van der Waals surface area (Å²) in [7, 11) is 0. The Kier molecular flexibility index (Phi) is 14.1. The average molecular weight is 674 g/mol. The molecule has 268 valence electrons. The predicted octanol–water partition coefficient (Wildman–Crippen LogP) is -4.51. The van der Waals surface area contributed by atoms with E-state index in [1.807, 2.05) is 6.08 Å². The minimum absolute atomic E-state index is 0.00153. The summed E-state index contributed by atoms with van der Waals surface area (Å²) in [5.41, 5.74) is 17.4. The van der Waals surface area contributed by atoms with E-state index in [-0.39, 0.29) is 39.0 Å². The van der Waals surface area contributed by atoms with Crippen LogP contribution in [0.2, 0.25) is 0 Å². The first-order valence-corrected chi connectivity index (χ1v) is 15.8. The number of aliphatic hydroxyl groups is 5. The summed E-state index contributed by atoms with van der Waals surface area (Å²) < 4.78 is 36.4. The lowest BCUT2D eigenvalue weighted by molar-refractivity contribution is -0.275. The standard InChI is InChI=1S/C29H51N7O11/c1-33-11-14-4-5-16(34-2)27(42-14)45-24-18(35-3)7-17(36-10-13(38)8-30)22(40)26(24)47-29-23(41)25(20(12-37)44-29)46-28-21(32)19(39)6-15(9-31)43-28/h4,13,15-29,36-41H,1-3,5-12,30-32H2. The zero-order chi connectivity index (χ0) is 34.2. The summed E-state index contributed by atoms with van der Waals surface area (Å²) in [5, 5.41) is 56.7. The molecule has 0 radical (unpaired) electrons. The number of nitrogens with one attached hydrogen (secondary N) is 1. The van der Waals surface area contributed by atoms with Gasteiger partial charge in [-0.15, -0.1) is 0 Å². The van der Waals surface area contributed by atoms with E-state index >= 15 is 0 Å². The fourth-order valence-electron chi connectivity index (χ4n) is 6.20. The van der Waals surface area contributed by atoms with Crippen molar-refractivity contribution in [1.29, 1.82) is 0 Å². The Balaban J connectivity index is 1.58. The van der Waals surface area contributed by atoms with Gasteiger partial charge >= 0.3 is 0 Å². The minimum Gasteiger partial charge on any atom is -0.465 e. The third kappa shape index (κ3) is 8.97. The van der Waals surface area contributed by atoms with Gasteiger partial charge in [-0.1, -0.05) is 0 Å².